The van der Waals surface area contributed by atoms with E-state index in [-0.39, 0.29) is 18.1 Å². The fraction of sp³-hybridized carbons (Fsp3) is 0.444. The molecule has 3 rings (SSSR count). The van der Waals surface area contributed by atoms with Crippen LogP contribution < -0.4 is 5.32 Å². The van der Waals surface area contributed by atoms with Crippen LogP contribution in [0.1, 0.15) is 31.4 Å². The molecule has 0 saturated carbocycles. The zero-order valence-corrected chi connectivity index (χ0v) is 16.8. The fourth-order valence-corrected chi connectivity index (χ4v) is 4.79. The Morgan fingerprint density at radius 3 is 2.56 bits per heavy atom. The van der Waals surface area contributed by atoms with Crippen molar-refractivity contribution in [2.45, 2.75) is 32.6 Å². The van der Waals surface area contributed by atoms with E-state index >= 15 is 0 Å². The van der Waals surface area contributed by atoms with Crippen LogP contribution in [0.2, 0.25) is 5.02 Å². The monoisotopic (exact) mass is 410 g/mol. The Morgan fingerprint density at radius 2 is 1.89 bits per heavy atom. The van der Waals surface area contributed by atoms with Crippen LogP contribution in [0.25, 0.3) is 5.69 Å². The van der Waals surface area contributed by atoms with Crippen LogP contribution in [0.15, 0.2) is 30.3 Å². The van der Waals surface area contributed by atoms with Gasteiger partial charge in [0.05, 0.1) is 17.1 Å². The SMILES string of the molecule is Cc1cc(NC(=O)CCCS(=O)(=O)N2CCCC2)n(-c2ccc(Cl)cc2)n1. The number of hydrogen-bond donors (Lipinski definition) is 1. The summed E-state index contributed by atoms with van der Waals surface area (Å²) in [5.41, 5.74) is 1.54. The maximum atomic E-state index is 12.3. The van der Waals surface area contributed by atoms with Crippen molar-refractivity contribution < 1.29 is 13.2 Å². The normalized spacial score (nSPS) is 15.2. The molecule has 0 atom stereocenters. The van der Waals surface area contributed by atoms with Gasteiger partial charge < -0.3 is 5.32 Å². The second-order valence-electron chi connectivity index (χ2n) is 6.63. The lowest BCUT2D eigenvalue weighted by molar-refractivity contribution is -0.116. The molecule has 0 spiro atoms. The van der Waals surface area contributed by atoms with Crippen LogP contribution in [0.5, 0.6) is 0 Å². The zero-order chi connectivity index (χ0) is 19.4. The third kappa shape index (κ3) is 5.09. The van der Waals surface area contributed by atoms with Crippen LogP contribution in [0.3, 0.4) is 0 Å². The standard InChI is InChI=1S/C18H23ClN4O3S/c1-14-13-17(23(21-14)16-8-6-15(19)7-9-16)20-18(24)5-4-12-27(25,26)22-10-2-3-11-22/h6-9,13H,2-5,10-12H2,1H3,(H,20,24). The minimum Gasteiger partial charge on any atom is -0.311 e. The van der Waals surface area contributed by atoms with E-state index in [0.29, 0.717) is 30.4 Å². The predicted octanol–water partition coefficient (Wildman–Crippen LogP) is 2.98. The van der Waals surface area contributed by atoms with Gasteiger partial charge in [-0.05, 0) is 50.5 Å². The Morgan fingerprint density at radius 1 is 1.22 bits per heavy atom. The number of carbonyl (C=O) groups excluding carboxylic acids is 1. The number of halogens is 1. The Hall–Kier alpha value is -1.90. The molecule has 1 N–H and O–H groups in total. The van der Waals surface area contributed by atoms with Gasteiger partial charge >= 0.3 is 0 Å². The average Bonchev–Trinajstić information content (AvgIpc) is 3.26. The molecule has 0 aliphatic carbocycles. The number of nitrogens with zero attached hydrogens (tertiary/aromatic N) is 3. The van der Waals surface area contributed by atoms with Gasteiger partial charge in [0.15, 0.2) is 0 Å². The van der Waals surface area contributed by atoms with Crippen LogP contribution in [0, 0.1) is 6.92 Å². The number of hydrogen-bond acceptors (Lipinski definition) is 4. The summed E-state index contributed by atoms with van der Waals surface area (Å²) in [6.45, 7) is 3.02. The third-order valence-corrected chi connectivity index (χ3v) is 6.64. The number of anilines is 1. The number of amides is 1. The smallest absolute Gasteiger partial charge is 0.225 e. The van der Waals surface area contributed by atoms with Crippen molar-refractivity contribution in [3.63, 3.8) is 0 Å². The largest absolute Gasteiger partial charge is 0.311 e. The van der Waals surface area contributed by atoms with E-state index in [0.717, 1.165) is 24.2 Å². The van der Waals surface area contributed by atoms with Crippen LogP contribution in [0.4, 0.5) is 5.82 Å². The molecule has 1 aliphatic heterocycles. The molecule has 1 fully saturated rings. The molecule has 2 aromatic rings. The lowest BCUT2D eigenvalue weighted by Crippen LogP contribution is -2.30. The molecule has 1 saturated heterocycles. The molecule has 0 unspecified atom stereocenters. The first-order valence-corrected chi connectivity index (χ1v) is 10.9. The summed E-state index contributed by atoms with van der Waals surface area (Å²) >= 11 is 5.92. The molecule has 27 heavy (non-hydrogen) atoms. The van der Waals surface area contributed by atoms with Crippen molar-refractivity contribution in [2.75, 3.05) is 24.2 Å². The van der Waals surface area contributed by atoms with Crippen molar-refractivity contribution in [1.29, 1.82) is 0 Å². The minimum absolute atomic E-state index is 0.00407. The summed E-state index contributed by atoms with van der Waals surface area (Å²) in [6.07, 6.45) is 2.25. The van der Waals surface area contributed by atoms with E-state index in [9.17, 15) is 13.2 Å². The molecular weight excluding hydrogens is 388 g/mol. The van der Waals surface area contributed by atoms with Gasteiger partial charge in [0.1, 0.15) is 5.82 Å². The Balaban J connectivity index is 1.59. The summed E-state index contributed by atoms with van der Waals surface area (Å²) in [5.74, 6) is 0.305. The highest BCUT2D eigenvalue weighted by atomic mass is 35.5. The second-order valence-corrected chi connectivity index (χ2v) is 9.16. The second kappa shape index (κ2) is 8.41. The summed E-state index contributed by atoms with van der Waals surface area (Å²) in [6, 6.07) is 8.90. The fourth-order valence-electron chi connectivity index (χ4n) is 3.08. The lowest BCUT2D eigenvalue weighted by atomic mass is 10.3. The van der Waals surface area contributed by atoms with E-state index in [1.54, 1.807) is 22.9 Å². The summed E-state index contributed by atoms with van der Waals surface area (Å²) in [7, 11) is -3.26. The van der Waals surface area contributed by atoms with Gasteiger partial charge in [-0.3, -0.25) is 4.79 Å². The predicted molar refractivity (Wildman–Crippen MR) is 106 cm³/mol. The summed E-state index contributed by atoms with van der Waals surface area (Å²) in [5, 5.41) is 7.83. The highest BCUT2D eigenvalue weighted by molar-refractivity contribution is 7.89. The molecule has 9 heteroatoms. The Labute approximate surface area is 164 Å². The first kappa shape index (κ1) is 19.9. The van der Waals surface area contributed by atoms with Crippen molar-refractivity contribution in [1.82, 2.24) is 14.1 Å². The van der Waals surface area contributed by atoms with E-state index in [1.807, 2.05) is 19.1 Å². The molecule has 1 aliphatic rings. The molecule has 1 aromatic carbocycles. The molecular formula is C18H23ClN4O3S. The minimum atomic E-state index is -3.26. The van der Waals surface area contributed by atoms with Crippen LogP contribution in [-0.2, 0) is 14.8 Å². The van der Waals surface area contributed by atoms with Crippen molar-refractivity contribution in [3.05, 3.63) is 41.0 Å². The highest BCUT2D eigenvalue weighted by Gasteiger charge is 2.25. The van der Waals surface area contributed by atoms with Crippen molar-refractivity contribution in [3.8, 4) is 5.69 Å². The third-order valence-electron chi connectivity index (χ3n) is 4.43. The van der Waals surface area contributed by atoms with Crippen molar-refractivity contribution >= 4 is 33.3 Å². The molecule has 1 amide bonds. The van der Waals surface area contributed by atoms with Gasteiger partial charge in [-0.1, -0.05) is 11.6 Å². The number of nitrogens with one attached hydrogen (secondary N) is 1. The summed E-state index contributed by atoms with van der Waals surface area (Å²) < 4.78 is 27.6. The van der Waals surface area contributed by atoms with Gasteiger partial charge in [0, 0.05) is 30.6 Å². The van der Waals surface area contributed by atoms with E-state index in [2.05, 4.69) is 10.4 Å². The number of rotatable bonds is 7. The maximum Gasteiger partial charge on any atom is 0.225 e. The number of aromatic nitrogens is 2. The Kier molecular flexibility index (Phi) is 6.18. The molecule has 2 heterocycles. The van der Waals surface area contributed by atoms with Crippen molar-refractivity contribution in [2.24, 2.45) is 0 Å². The Bertz CT molecular complexity index is 903. The van der Waals surface area contributed by atoms with Crippen LogP contribution in [-0.4, -0.2) is 47.3 Å². The molecule has 0 bridgehead atoms. The topological polar surface area (TPSA) is 84.3 Å². The molecule has 0 radical (unpaired) electrons. The van der Waals surface area contributed by atoms with Gasteiger partial charge in [-0.25, -0.2) is 17.4 Å². The number of sulfonamides is 1. The number of aryl methyl sites for hydroxylation is 1. The van der Waals surface area contributed by atoms with Gasteiger partial charge in [-0.2, -0.15) is 5.10 Å². The van der Waals surface area contributed by atoms with Gasteiger partial charge in [-0.15, -0.1) is 0 Å². The maximum absolute atomic E-state index is 12.3. The summed E-state index contributed by atoms with van der Waals surface area (Å²) in [4.78, 5) is 12.3. The molecule has 146 valence electrons. The highest BCUT2D eigenvalue weighted by Crippen LogP contribution is 2.20. The zero-order valence-electron chi connectivity index (χ0n) is 15.2. The lowest BCUT2D eigenvalue weighted by Gasteiger charge is -2.15. The first-order valence-electron chi connectivity index (χ1n) is 8.95. The van der Waals surface area contributed by atoms with Gasteiger partial charge in [0.25, 0.3) is 0 Å². The molecule has 7 nitrogen and oxygen atoms in total. The van der Waals surface area contributed by atoms with Crippen LogP contribution >= 0.6 is 11.6 Å². The van der Waals surface area contributed by atoms with E-state index in [1.165, 1.54) is 4.31 Å². The molecule has 1 aromatic heterocycles. The van der Waals surface area contributed by atoms with E-state index < -0.39 is 10.0 Å². The number of benzene rings is 1. The number of carbonyl (C=O) groups is 1. The first-order chi connectivity index (χ1) is 12.8. The van der Waals surface area contributed by atoms with E-state index in [4.69, 9.17) is 11.6 Å². The average molecular weight is 411 g/mol. The van der Waals surface area contributed by atoms with Gasteiger partial charge in [0.2, 0.25) is 15.9 Å². The quantitative estimate of drug-likeness (QED) is 0.760.